The van der Waals surface area contributed by atoms with E-state index in [0.717, 1.165) is 34.1 Å². The fourth-order valence-corrected chi connectivity index (χ4v) is 12.2. The van der Waals surface area contributed by atoms with Gasteiger partial charge in [0.1, 0.15) is 0 Å². The van der Waals surface area contributed by atoms with Gasteiger partial charge in [-0.3, -0.25) is 0 Å². The first kappa shape index (κ1) is 40.5. The lowest BCUT2D eigenvalue weighted by Crippen LogP contribution is -2.12. The lowest BCUT2D eigenvalue weighted by atomic mass is 9.98. The molecule has 0 saturated carbocycles. The van der Waals surface area contributed by atoms with Crippen molar-refractivity contribution in [3.05, 3.63) is 254 Å². The molecule has 11 aromatic carbocycles. The van der Waals surface area contributed by atoms with Gasteiger partial charge in [-0.15, -0.1) is 0 Å². The molecule has 0 aliphatic carbocycles. The van der Waals surface area contributed by atoms with Crippen LogP contribution in [0, 0.1) is 13.8 Å². The number of para-hydroxylation sites is 4. The average Bonchev–Trinajstić information content (AvgIpc) is 4.16. The molecule has 15 rings (SSSR count). The van der Waals surface area contributed by atoms with Crippen LogP contribution in [0.2, 0.25) is 0 Å². The smallest absolute Gasteiger partial charge is 0.0641 e. The van der Waals surface area contributed by atoms with Gasteiger partial charge < -0.3 is 18.6 Å². The van der Waals surface area contributed by atoms with Gasteiger partial charge in [-0.25, -0.2) is 0 Å². The summed E-state index contributed by atoms with van der Waals surface area (Å²) in [5, 5.41) is 9.95. The van der Waals surface area contributed by atoms with Crippen LogP contribution >= 0.6 is 0 Å². The van der Waals surface area contributed by atoms with Crippen LogP contribution in [-0.4, -0.2) is 8.80 Å². The van der Waals surface area contributed by atoms with Crippen LogP contribution < -0.4 is 9.80 Å². The number of rotatable bonds is 8. The number of aryl methyl sites for hydroxylation is 2. The van der Waals surface area contributed by atoms with E-state index in [1.165, 1.54) is 110 Å². The second kappa shape index (κ2) is 15.6. The number of nitrogens with zero attached hydrogens (tertiary/aromatic N) is 4. The minimum atomic E-state index is 1.12. The Morgan fingerprint density at radius 1 is 0.278 bits per heavy atom. The zero-order valence-corrected chi connectivity index (χ0v) is 39.9. The molecule has 0 N–H and O–H groups in total. The van der Waals surface area contributed by atoms with E-state index in [1.807, 2.05) is 0 Å². The zero-order valence-electron chi connectivity index (χ0n) is 39.9. The summed E-state index contributed by atoms with van der Waals surface area (Å²) >= 11 is 0. The summed E-state index contributed by atoms with van der Waals surface area (Å²) in [6.45, 7) is 4.39. The number of anilines is 6. The number of fused-ring (bicyclic) bond motifs is 12. The molecule has 0 spiro atoms. The Labute approximate surface area is 416 Å². The minimum Gasteiger partial charge on any atom is -0.309 e. The van der Waals surface area contributed by atoms with E-state index in [1.54, 1.807) is 0 Å². The van der Waals surface area contributed by atoms with Gasteiger partial charge in [0.2, 0.25) is 0 Å². The monoisotopic (exact) mass is 918 g/mol. The number of hydrogen-bond donors (Lipinski definition) is 0. The van der Waals surface area contributed by atoms with Crippen molar-refractivity contribution in [2.24, 2.45) is 0 Å². The van der Waals surface area contributed by atoms with Crippen molar-refractivity contribution >= 4 is 110 Å². The summed E-state index contributed by atoms with van der Waals surface area (Å²) in [6.07, 6.45) is 0. The van der Waals surface area contributed by atoms with Crippen LogP contribution in [-0.2, 0) is 0 Å². The second-order valence-electron chi connectivity index (χ2n) is 19.4. The average molecular weight is 919 g/mol. The van der Waals surface area contributed by atoms with E-state index < -0.39 is 0 Å². The quantitative estimate of drug-likeness (QED) is 0.151. The van der Waals surface area contributed by atoms with Gasteiger partial charge in [0.25, 0.3) is 0 Å². The van der Waals surface area contributed by atoms with Crippen molar-refractivity contribution in [1.29, 1.82) is 0 Å². The van der Waals surface area contributed by atoms with E-state index in [2.05, 4.69) is 275 Å². The third-order valence-corrected chi connectivity index (χ3v) is 15.2. The molecule has 4 nitrogen and oxygen atoms in total. The van der Waals surface area contributed by atoms with Gasteiger partial charge in [-0.1, -0.05) is 170 Å². The Balaban J connectivity index is 1.02. The van der Waals surface area contributed by atoms with Crippen LogP contribution in [0.15, 0.2) is 243 Å². The molecule has 338 valence electrons. The summed E-state index contributed by atoms with van der Waals surface area (Å²) in [5.74, 6) is 0. The normalized spacial score (nSPS) is 12.0. The highest BCUT2D eigenvalue weighted by Gasteiger charge is 2.29. The molecule has 0 atom stereocenters. The summed E-state index contributed by atoms with van der Waals surface area (Å²) in [6, 6.07) is 89.6. The first-order valence-electron chi connectivity index (χ1n) is 24.9. The van der Waals surface area contributed by atoms with Crippen LogP contribution in [0.5, 0.6) is 0 Å². The maximum Gasteiger partial charge on any atom is 0.0641 e. The van der Waals surface area contributed by atoms with E-state index in [0.29, 0.717) is 0 Å². The largest absolute Gasteiger partial charge is 0.309 e. The Hall–Kier alpha value is -9.38. The van der Waals surface area contributed by atoms with E-state index in [9.17, 15) is 0 Å². The van der Waals surface area contributed by atoms with Gasteiger partial charge in [0.05, 0.1) is 55.8 Å². The fraction of sp³-hybridized carbons (Fsp3) is 0.0294. The maximum atomic E-state index is 2.55. The minimum absolute atomic E-state index is 1.12. The van der Waals surface area contributed by atoms with Gasteiger partial charge in [0.15, 0.2) is 0 Å². The molecule has 0 fully saturated rings. The molecule has 0 bridgehead atoms. The van der Waals surface area contributed by atoms with E-state index >= 15 is 0 Å². The topological polar surface area (TPSA) is 15.3 Å². The van der Waals surface area contributed by atoms with Crippen molar-refractivity contribution < 1.29 is 0 Å². The molecule has 15 aromatic rings. The zero-order chi connectivity index (χ0) is 47.6. The summed E-state index contributed by atoms with van der Waals surface area (Å²) in [4.78, 5) is 4.98. The molecule has 4 heteroatoms. The lowest BCUT2D eigenvalue weighted by Gasteiger charge is -2.29. The first-order valence-corrected chi connectivity index (χ1v) is 24.9. The fourth-order valence-electron chi connectivity index (χ4n) is 12.2. The van der Waals surface area contributed by atoms with Crippen molar-refractivity contribution in [1.82, 2.24) is 8.80 Å². The maximum absolute atomic E-state index is 2.55. The number of aromatic nitrogens is 2. The lowest BCUT2D eigenvalue weighted by molar-refractivity contribution is 1.28. The van der Waals surface area contributed by atoms with Gasteiger partial charge in [-0.05, 0) is 109 Å². The highest BCUT2D eigenvalue weighted by molar-refractivity contribution is 6.32. The van der Waals surface area contributed by atoms with Crippen LogP contribution in [0.3, 0.4) is 0 Å². The molecule has 0 aliphatic rings. The molecular weight excluding hydrogens is 873 g/mol. The number of hydrogen-bond acceptors (Lipinski definition) is 2. The predicted molar refractivity (Wildman–Crippen MR) is 305 cm³/mol. The van der Waals surface area contributed by atoms with E-state index in [-0.39, 0.29) is 0 Å². The Morgan fingerprint density at radius 2 is 0.653 bits per heavy atom. The molecule has 0 aliphatic heterocycles. The van der Waals surface area contributed by atoms with Crippen LogP contribution in [0.25, 0.3) is 98.4 Å². The molecule has 4 heterocycles. The Bertz CT molecular complexity index is 4280. The van der Waals surface area contributed by atoms with Gasteiger partial charge >= 0.3 is 0 Å². The van der Waals surface area contributed by atoms with Crippen molar-refractivity contribution in [2.75, 3.05) is 9.80 Å². The molecular formula is C68H46N4. The third kappa shape index (κ3) is 5.81. The van der Waals surface area contributed by atoms with Crippen molar-refractivity contribution in [3.8, 4) is 22.3 Å². The molecule has 0 amide bonds. The molecule has 0 saturated heterocycles. The summed E-state index contributed by atoms with van der Waals surface area (Å²) in [7, 11) is 0. The Kier molecular flexibility index (Phi) is 8.75. The van der Waals surface area contributed by atoms with Crippen molar-refractivity contribution in [3.63, 3.8) is 0 Å². The first-order chi connectivity index (χ1) is 35.6. The standard InChI is InChI=1S/C68H46N4/c1-43-31-33-49(45-19-7-3-8-20-45)61(39-43)69(47-23-11-5-12-24-47)59-37-35-51-55-41-64-56(42-63(55)71-57-29-17-15-27-53(57)65(59)67(51)71)52-36-38-60(66-54-28-16-18-30-58(54)72(64)68(52)66)70(48-25-13-6-14-26-48)62-40-44(2)32-34-50(62)46-21-9-4-10-22-46/h3-42H,1-2H3. The molecule has 0 unspecified atom stereocenters. The highest BCUT2D eigenvalue weighted by atomic mass is 15.2. The highest BCUT2D eigenvalue weighted by Crippen LogP contribution is 2.53. The number of benzene rings is 11. The summed E-state index contributed by atoms with van der Waals surface area (Å²) in [5.41, 5.74) is 21.3. The Morgan fingerprint density at radius 3 is 1.07 bits per heavy atom. The molecule has 4 aromatic heterocycles. The van der Waals surface area contributed by atoms with E-state index in [4.69, 9.17) is 0 Å². The third-order valence-electron chi connectivity index (χ3n) is 15.2. The van der Waals surface area contributed by atoms with Crippen LogP contribution in [0.1, 0.15) is 11.1 Å². The predicted octanol–water partition coefficient (Wildman–Crippen LogP) is 18.9. The SMILES string of the molecule is Cc1ccc(-c2ccccc2)c(N(c2ccccc2)c2ccc3c4cc5c(cc4n4c6ccccc6c2c34)c2ccc(N(c3ccccc3)c3cc(C)ccc3-c3ccccc3)c3c4ccccc4n5c23)c1. The summed E-state index contributed by atoms with van der Waals surface area (Å²) < 4.78 is 5.10. The van der Waals surface area contributed by atoms with Gasteiger partial charge in [0, 0.05) is 65.6 Å². The molecule has 0 radical (unpaired) electrons. The van der Waals surface area contributed by atoms with Crippen molar-refractivity contribution in [2.45, 2.75) is 13.8 Å². The van der Waals surface area contributed by atoms with Gasteiger partial charge in [-0.2, -0.15) is 0 Å². The van der Waals surface area contributed by atoms with Crippen LogP contribution in [0.4, 0.5) is 34.1 Å². The molecule has 72 heavy (non-hydrogen) atoms. The second-order valence-corrected chi connectivity index (χ2v) is 19.4.